The maximum Gasteiger partial charge on any atom is 0.231 e. The average Bonchev–Trinajstić information content (AvgIpc) is 3.40. The van der Waals surface area contributed by atoms with Crippen LogP contribution < -0.4 is 0 Å². The lowest BCUT2D eigenvalue weighted by Crippen LogP contribution is -1.91. The van der Waals surface area contributed by atoms with Crippen molar-refractivity contribution in [1.29, 1.82) is 0 Å². The number of aromatic amines is 1. The molecule has 128 valence electrons. The SMILES string of the molecule is CCn1cnc2ccc(-c3noc(Cc4c[nH]c5ccccc45)n3)cc21. The second-order valence-corrected chi connectivity index (χ2v) is 6.28. The molecule has 2 aromatic carbocycles. The van der Waals surface area contributed by atoms with Crippen molar-refractivity contribution < 1.29 is 4.52 Å². The number of aromatic nitrogens is 5. The standard InChI is InChI=1S/C20H17N5O/c1-2-25-12-22-17-8-7-13(9-18(17)25)20-23-19(26-24-20)10-14-11-21-16-6-4-3-5-15(14)16/h3-9,11-12,21H,2,10H2,1H3. The van der Waals surface area contributed by atoms with Crippen molar-refractivity contribution in [2.45, 2.75) is 19.9 Å². The molecule has 0 aliphatic rings. The summed E-state index contributed by atoms with van der Waals surface area (Å²) < 4.78 is 7.60. The lowest BCUT2D eigenvalue weighted by atomic mass is 10.1. The van der Waals surface area contributed by atoms with Crippen LogP contribution >= 0.6 is 0 Å². The van der Waals surface area contributed by atoms with Gasteiger partial charge in [0.15, 0.2) is 0 Å². The van der Waals surface area contributed by atoms with Crippen molar-refractivity contribution >= 4 is 21.9 Å². The van der Waals surface area contributed by atoms with Crippen LogP contribution in [0.2, 0.25) is 0 Å². The smallest absolute Gasteiger partial charge is 0.231 e. The third-order valence-corrected chi connectivity index (χ3v) is 4.70. The second-order valence-electron chi connectivity index (χ2n) is 6.28. The van der Waals surface area contributed by atoms with Gasteiger partial charge in [0.05, 0.1) is 23.8 Å². The highest BCUT2D eigenvalue weighted by atomic mass is 16.5. The Morgan fingerprint density at radius 1 is 1.15 bits per heavy atom. The molecule has 3 aromatic heterocycles. The zero-order valence-corrected chi connectivity index (χ0v) is 14.3. The summed E-state index contributed by atoms with van der Waals surface area (Å²) in [5.74, 6) is 1.21. The maximum absolute atomic E-state index is 5.49. The topological polar surface area (TPSA) is 72.5 Å². The summed E-state index contributed by atoms with van der Waals surface area (Å²) >= 11 is 0. The third-order valence-electron chi connectivity index (χ3n) is 4.70. The first kappa shape index (κ1) is 14.9. The van der Waals surface area contributed by atoms with Crippen LogP contribution in [0.5, 0.6) is 0 Å². The molecular weight excluding hydrogens is 326 g/mol. The highest BCUT2D eigenvalue weighted by Gasteiger charge is 2.13. The van der Waals surface area contributed by atoms with Crippen molar-refractivity contribution in [3.63, 3.8) is 0 Å². The van der Waals surface area contributed by atoms with Gasteiger partial charge in [0, 0.05) is 29.2 Å². The number of para-hydroxylation sites is 1. The molecule has 0 aliphatic heterocycles. The molecule has 26 heavy (non-hydrogen) atoms. The number of nitrogens with zero attached hydrogens (tertiary/aromatic N) is 4. The predicted octanol–water partition coefficient (Wildman–Crippen LogP) is 4.18. The number of rotatable bonds is 4. The summed E-state index contributed by atoms with van der Waals surface area (Å²) in [6.07, 6.45) is 4.46. The highest BCUT2D eigenvalue weighted by molar-refractivity contribution is 5.83. The minimum atomic E-state index is 0.602. The monoisotopic (exact) mass is 343 g/mol. The Morgan fingerprint density at radius 3 is 3.00 bits per heavy atom. The molecule has 3 heterocycles. The highest BCUT2D eigenvalue weighted by Crippen LogP contribution is 2.24. The van der Waals surface area contributed by atoms with Gasteiger partial charge in [-0.15, -0.1) is 0 Å². The number of hydrogen-bond donors (Lipinski definition) is 1. The van der Waals surface area contributed by atoms with E-state index in [4.69, 9.17) is 4.52 Å². The molecule has 0 saturated carbocycles. The van der Waals surface area contributed by atoms with E-state index in [1.165, 1.54) is 5.39 Å². The second kappa shape index (κ2) is 5.84. The zero-order valence-electron chi connectivity index (χ0n) is 14.3. The number of benzene rings is 2. The van der Waals surface area contributed by atoms with Gasteiger partial charge in [0.25, 0.3) is 0 Å². The molecule has 0 bridgehead atoms. The zero-order chi connectivity index (χ0) is 17.5. The van der Waals surface area contributed by atoms with Gasteiger partial charge in [-0.3, -0.25) is 0 Å². The number of nitrogens with one attached hydrogen (secondary N) is 1. The fraction of sp³-hybridized carbons (Fsp3) is 0.150. The minimum absolute atomic E-state index is 0.602. The van der Waals surface area contributed by atoms with E-state index in [0.717, 1.165) is 34.2 Å². The Kier molecular flexibility index (Phi) is 3.35. The van der Waals surface area contributed by atoms with E-state index in [2.05, 4.69) is 49.8 Å². The van der Waals surface area contributed by atoms with Crippen molar-refractivity contribution in [2.75, 3.05) is 0 Å². The number of aryl methyl sites for hydroxylation is 1. The normalized spacial score (nSPS) is 11.6. The van der Waals surface area contributed by atoms with Crippen LogP contribution in [0.25, 0.3) is 33.3 Å². The Balaban J connectivity index is 1.48. The van der Waals surface area contributed by atoms with E-state index in [-0.39, 0.29) is 0 Å². The maximum atomic E-state index is 5.49. The molecule has 5 aromatic rings. The van der Waals surface area contributed by atoms with Crippen LogP contribution in [0, 0.1) is 0 Å². The Morgan fingerprint density at radius 2 is 2.08 bits per heavy atom. The van der Waals surface area contributed by atoms with Crippen molar-refractivity contribution in [1.82, 2.24) is 24.7 Å². The summed E-state index contributed by atoms with van der Waals surface area (Å²) in [6.45, 7) is 2.97. The molecule has 6 nitrogen and oxygen atoms in total. The largest absolute Gasteiger partial charge is 0.361 e. The van der Waals surface area contributed by atoms with Gasteiger partial charge >= 0.3 is 0 Å². The van der Waals surface area contributed by atoms with E-state index < -0.39 is 0 Å². The van der Waals surface area contributed by atoms with Gasteiger partial charge in [0.1, 0.15) is 0 Å². The predicted molar refractivity (Wildman–Crippen MR) is 99.8 cm³/mol. The van der Waals surface area contributed by atoms with E-state index >= 15 is 0 Å². The summed E-state index contributed by atoms with van der Waals surface area (Å²) in [4.78, 5) is 12.3. The first-order chi connectivity index (χ1) is 12.8. The quantitative estimate of drug-likeness (QED) is 0.531. The van der Waals surface area contributed by atoms with Crippen molar-refractivity contribution in [2.24, 2.45) is 0 Å². The van der Waals surface area contributed by atoms with Crippen molar-refractivity contribution in [3.8, 4) is 11.4 Å². The van der Waals surface area contributed by atoms with Crippen LogP contribution in [-0.2, 0) is 13.0 Å². The Hall–Kier alpha value is -3.41. The number of hydrogen-bond acceptors (Lipinski definition) is 4. The van der Waals surface area contributed by atoms with Crippen molar-refractivity contribution in [3.05, 3.63) is 66.4 Å². The minimum Gasteiger partial charge on any atom is -0.361 e. The van der Waals surface area contributed by atoms with Gasteiger partial charge < -0.3 is 14.1 Å². The lowest BCUT2D eigenvalue weighted by Gasteiger charge is -2.00. The number of H-pyrrole nitrogens is 1. The molecule has 0 unspecified atom stereocenters. The molecule has 0 saturated heterocycles. The first-order valence-electron chi connectivity index (χ1n) is 8.64. The molecular formula is C20H17N5O. The summed E-state index contributed by atoms with van der Waals surface area (Å²) in [6, 6.07) is 14.2. The first-order valence-corrected chi connectivity index (χ1v) is 8.64. The van der Waals surface area contributed by atoms with Crippen LogP contribution in [0.15, 0.2) is 59.5 Å². The summed E-state index contributed by atoms with van der Waals surface area (Å²) in [5, 5.41) is 5.35. The van der Waals surface area contributed by atoms with E-state index in [9.17, 15) is 0 Å². The molecule has 0 spiro atoms. The van der Waals surface area contributed by atoms with Gasteiger partial charge in [-0.1, -0.05) is 23.4 Å². The van der Waals surface area contributed by atoms with Crippen LogP contribution in [0.1, 0.15) is 18.4 Å². The summed E-state index contributed by atoms with van der Waals surface area (Å²) in [5.41, 5.74) is 5.24. The number of fused-ring (bicyclic) bond motifs is 2. The fourth-order valence-electron chi connectivity index (χ4n) is 3.33. The van der Waals surface area contributed by atoms with Crippen LogP contribution in [0.3, 0.4) is 0 Å². The fourth-order valence-corrected chi connectivity index (χ4v) is 3.33. The summed E-state index contributed by atoms with van der Waals surface area (Å²) in [7, 11) is 0. The van der Waals surface area contributed by atoms with E-state index in [0.29, 0.717) is 18.1 Å². The van der Waals surface area contributed by atoms with Gasteiger partial charge in [-0.25, -0.2) is 4.98 Å². The number of imidazole rings is 1. The molecule has 1 N–H and O–H groups in total. The molecule has 0 atom stereocenters. The molecule has 5 rings (SSSR count). The average molecular weight is 343 g/mol. The van der Waals surface area contributed by atoms with E-state index in [1.807, 2.05) is 36.8 Å². The van der Waals surface area contributed by atoms with E-state index in [1.54, 1.807) is 0 Å². The molecule has 0 aliphatic carbocycles. The Bertz CT molecular complexity index is 1210. The molecule has 6 heteroatoms. The van der Waals surface area contributed by atoms with Gasteiger partial charge in [-0.2, -0.15) is 4.98 Å². The Labute approximate surface area is 149 Å². The lowest BCUT2D eigenvalue weighted by molar-refractivity contribution is 0.386. The third kappa shape index (κ3) is 2.38. The van der Waals surface area contributed by atoms with Crippen LogP contribution in [0.4, 0.5) is 0 Å². The van der Waals surface area contributed by atoms with Gasteiger partial charge in [0.2, 0.25) is 11.7 Å². The van der Waals surface area contributed by atoms with Gasteiger partial charge in [-0.05, 0) is 36.8 Å². The molecule has 0 radical (unpaired) electrons. The van der Waals surface area contributed by atoms with Crippen LogP contribution in [-0.4, -0.2) is 24.7 Å². The molecule has 0 amide bonds. The molecule has 0 fully saturated rings.